The molecular weight excluding hydrogens is 300 g/mol. The molecule has 130 valence electrons. The lowest BCUT2D eigenvalue weighted by Crippen LogP contribution is -2.39. The third kappa shape index (κ3) is 4.38. The van der Waals surface area contributed by atoms with Gasteiger partial charge in [0.2, 0.25) is 0 Å². The number of hydrogen-bond donors (Lipinski definition) is 1. The zero-order valence-corrected chi connectivity index (χ0v) is 14.8. The van der Waals surface area contributed by atoms with E-state index < -0.39 is 0 Å². The van der Waals surface area contributed by atoms with E-state index in [1.165, 1.54) is 19.5 Å². The number of amides is 1. The van der Waals surface area contributed by atoms with Gasteiger partial charge in [-0.05, 0) is 49.8 Å². The topological polar surface area (TPSA) is 45.5 Å². The first-order valence-corrected chi connectivity index (χ1v) is 9.11. The first kappa shape index (κ1) is 17.0. The van der Waals surface area contributed by atoms with Crippen molar-refractivity contribution in [2.24, 2.45) is 11.8 Å². The fourth-order valence-corrected chi connectivity index (χ4v) is 3.82. The number of rotatable bonds is 6. The molecule has 1 aliphatic heterocycles. The molecule has 0 saturated carbocycles. The van der Waals surface area contributed by atoms with E-state index in [9.17, 15) is 4.79 Å². The Kier molecular flexibility index (Phi) is 5.56. The van der Waals surface area contributed by atoms with Crippen LogP contribution in [0.1, 0.15) is 43.7 Å². The minimum atomic E-state index is -0.119. The van der Waals surface area contributed by atoms with E-state index >= 15 is 0 Å². The Morgan fingerprint density at radius 3 is 2.71 bits per heavy atom. The Labute approximate surface area is 144 Å². The average molecular weight is 328 g/mol. The molecule has 0 aliphatic carbocycles. The van der Waals surface area contributed by atoms with Crippen molar-refractivity contribution in [2.75, 3.05) is 26.2 Å². The maximum Gasteiger partial charge on any atom is 0.287 e. The van der Waals surface area contributed by atoms with Crippen LogP contribution in [0.4, 0.5) is 0 Å². The highest BCUT2D eigenvalue weighted by molar-refractivity contribution is 5.95. The molecule has 24 heavy (non-hydrogen) atoms. The van der Waals surface area contributed by atoms with Gasteiger partial charge >= 0.3 is 0 Å². The third-order valence-corrected chi connectivity index (χ3v) is 4.78. The van der Waals surface area contributed by atoms with Crippen LogP contribution in [0.3, 0.4) is 0 Å². The molecule has 4 nitrogen and oxygen atoms in total. The summed E-state index contributed by atoms with van der Waals surface area (Å²) in [6.07, 6.45) is 3.48. The number of furan rings is 1. The minimum Gasteiger partial charge on any atom is -0.451 e. The molecule has 0 spiro atoms. The van der Waals surface area contributed by atoms with Crippen LogP contribution in [0, 0.1) is 11.8 Å². The molecule has 0 radical (unpaired) electrons. The van der Waals surface area contributed by atoms with Crippen LogP contribution in [0.5, 0.6) is 0 Å². The summed E-state index contributed by atoms with van der Waals surface area (Å²) < 4.78 is 5.59. The SMILES string of the molecule is C[C@@H]1C[C@H](C)CN(CCCCNC(=O)c2cc3ccccc3o2)C1. The number of nitrogens with one attached hydrogen (secondary N) is 1. The maximum absolute atomic E-state index is 12.1. The van der Waals surface area contributed by atoms with Gasteiger partial charge < -0.3 is 14.6 Å². The summed E-state index contributed by atoms with van der Waals surface area (Å²) >= 11 is 0. The van der Waals surface area contributed by atoms with E-state index in [0.717, 1.165) is 42.2 Å². The fraction of sp³-hybridized carbons (Fsp3) is 0.550. The lowest BCUT2D eigenvalue weighted by Gasteiger charge is -2.34. The molecule has 2 aromatic rings. The highest BCUT2D eigenvalue weighted by atomic mass is 16.3. The van der Waals surface area contributed by atoms with E-state index in [4.69, 9.17) is 4.42 Å². The number of hydrogen-bond acceptors (Lipinski definition) is 3. The number of fused-ring (bicyclic) bond motifs is 1. The summed E-state index contributed by atoms with van der Waals surface area (Å²) in [7, 11) is 0. The largest absolute Gasteiger partial charge is 0.451 e. The normalized spacial score (nSPS) is 21.9. The van der Waals surface area contributed by atoms with Crippen molar-refractivity contribution < 1.29 is 9.21 Å². The molecule has 1 aliphatic rings. The fourth-order valence-electron chi connectivity index (χ4n) is 3.82. The second kappa shape index (κ2) is 7.84. The summed E-state index contributed by atoms with van der Waals surface area (Å²) in [6, 6.07) is 9.50. The minimum absolute atomic E-state index is 0.119. The molecule has 3 rings (SSSR count). The summed E-state index contributed by atoms with van der Waals surface area (Å²) in [6.45, 7) is 8.96. The van der Waals surface area contributed by atoms with Gasteiger partial charge in [-0.2, -0.15) is 0 Å². The lowest BCUT2D eigenvalue weighted by atomic mass is 9.92. The Hall–Kier alpha value is -1.81. The Balaban J connectivity index is 1.38. The van der Waals surface area contributed by atoms with Crippen LogP contribution >= 0.6 is 0 Å². The second-order valence-electron chi connectivity index (χ2n) is 7.32. The zero-order chi connectivity index (χ0) is 16.9. The lowest BCUT2D eigenvalue weighted by molar-refractivity contribution is 0.0926. The van der Waals surface area contributed by atoms with Gasteiger partial charge in [-0.25, -0.2) is 0 Å². The molecule has 1 saturated heterocycles. The monoisotopic (exact) mass is 328 g/mol. The number of likely N-dealkylation sites (tertiary alicyclic amines) is 1. The first-order chi connectivity index (χ1) is 11.6. The predicted molar refractivity (Wildman–Crippen MR) is 97.2 cm³/mol. The Morgan fingerprint density at radius 2 is 1.96 bits per heavy atom. The van der Waals surface area contributed by atoms with Crippen molar-refractivity contribution in [3.05, 3.63) is 36.1 Å². The summed E-state index contributed by atoms with van der Waals surface area (Å²) in [5.74, 6) is 1.89. The summed E-state index contributed by atoms with van der Waals surface area (Å²) in [4.78, 5) is 14.7. The van der Waals surface area contributed by atoms with Crippen molar-refractivity contribution in [1.29, 1.82) is 0 Å². The molecule has 1 amide bonds. The number of unbranched alkanes of at least 4 members (excludes halogenated alkanes) is 1. The van der Waals surface area contributed by atoms with Gasteiger partial charge in [0.1, 0.15) is 5.58 Å². The van der Waals surface area contributed by atoms with Gasteiger partial charge in [0.25, 0.3) is 5.91 Å². The zero-order valence-electron chi connectivity index (χ0n) is 14.8. The van der Waals surface area contributed by atoms with Gasteiger partial charge in [-0.3, -0.25) is 4.79 Å². The molecule has 0 bridgehead atoms. The van der Waals surface area contributed by atoms with Gasteiger partial charge in [-0.15, -0.1) is 0 Å². The van der Waals surface area contributed by atoms with Crippen molar-refractivity contribution in [1.82, 2.24) is 10.2 Å². The van der Waals surface area contributed by atoms with E-state index in [-0.39, 0.29) is 5.91 Å². The predicted octanol–water partition coefficient (Wildman–Crippen LogP) is 3.92. The van der Waals surface area contributed by atoms with Crippen LogP contribution < -0.4 is 5.32 Å². The van der Waals surface area contributed by atoms with Crippen LogP contribution in [0.15, 0.2) is 34.7 Å². The molecule has 2 heterocycles. The molecule has 1 aromatic heterocycles. The molecule has 2 atom stereocenters. The number of carbonyl (C=O) groups is 1. The van der Waals surface area contributed by atoms with Gasteiger partial charge in [-0.1, -0.05) is 32.0 Å². The van der Waals surface area contributed by atoms with Gasteiger partial charge in [0, 0.05) is 25.0 Å². The molecular formula is C20H28N2O2. The standard InChI is InChI=1S/C20H28N2O2/c1-15-11-16(2)14-22(13-15)10-6-5-9-21-20(23)19-12-17-7-3-4-8-18(17)24-19/h3-4,7-8,12,15-16H,5-6,9-11,13-14H2,1-2H3,(H,21,23)/t15-,16+. The van der Waals surface area contributed by atoms with Crippen molar-refractivity contribution >= 4 is 16.9 Å². The molecule has 4 heteroatoms. The van der Waals surface area contributed by atoms with E-state index in [1.54, 1.807) is 6.07 Å². The summed E-state index contributed by atoms with van der Waals surface area (Å²) in [5.41, 5.74) is 0.760. The van der Waals surface area contributed by atoms with Crippen LogP contribution in [0.2, 0.25) is 0 Å². The molecule has 1 aromatic carbocycles. The third-order valence-electron chi connectivity index (χ3n) is 4.78. The van der Waals surface area contributed by atoms with Crippen LogP contribution in [0.25, 0.3) is 11.0 Å². The van der Waals surface area contributed by atoms with Crippen molar-refractivity contribution in [3.63, 3.8) is 0 Å². The van der Waals surface area contributed by atoms with E-state index in [2.05, 4.69) is 24.1 Å². The molecule has 1 fully saturated rings. The molecule has 1 N–H and O–H groups in total. The Morgan fingerprint density at radius 1 is 1.21 bits per heavy atom. The van der Waals surface area contributed by atoms with Crippen LogP contribution in [-0.4, -0.2) is 37.0 Å². The quantitative estimate of drug-likeness (QED) is 0.818. The van der Waals surface area contributed by atoms with E-state index in [0.29, 0.717) is 12.3 Å². The van der Waals surface area contributed by atoms with Crippen molar-refractivity contribution in [2.45, 2.75) is 33.1 Å². The highest BCUT2D eigenvalue weighted by Crippen LogP contribution is 2.21. The number of para-hydroxylation sites is 1. The highest BCUT2D eigenvalue weighted by Gasteiger charge is 2.21. The summed E-state index contributed by atoms with van der Waals surface area (Å²) in [5, 5.41) is 3.93. The molecule has 0 unspecified atom stereocenters. The Bertz CT molecular complexity index is 636. The maximum atomic E-state index is 12.1. The van der Waals surface area contributed by atoms with Crippen LogP contribution in [-0.2, 0) is 0 Å². The number of benzene rings is 1. The van der Waals surface area contributed by atoms with Gasteiger partial charge in [0.15, 0.2) is 5.76 Å². The number of piperidine rings is 1. The average Bonchev–Trinajstić information content (AvgIpc) is 2.97. The van der Waals surface area contributed by atoms with E-state index in [1.807, 2.05) is 24.3 Å². The number of carbonyl (C=O) groups excluding carboxylic acids is 1. The number of nitrogens with zero attached hydrogens (tertiary/aromatic N) is 1. The second-order valence-corrected chi connectivity index (χ2v) is 7.32. The smallest absolute Gasteiger partial charge is 0.287 e. The van der Waals surface area contributed by atoms with Crippen molar-refractivity contribution in [3.8, 4) is 0 Å². The van der Waals surface area contributed by atoms with Gasteiger partial charge in [0.05, 0.1) is 0 Å². The first-order valence-electron chi connectivity index (χ1n) is 9.11.